The summed E-state index contributed by atoms with van der Waals surface area (Å²) in [5.41, 5.74) is 1.06. The van der Waals surface area contributed by atoms with Gasteiger partial charge in [-0.3, -0.25) is 4.79 Å². The Bertz CT molecular complexity index is 539. The van der Waals surface area contributed by atoms with Crippen LogP contribution in [0.3, 0.4) is 0 Å². The molecule has 6 heteroatoms. The molecule has 0 unspecified atom stereocenters. The fourth-order valence-corrected chi connectivity index (χ4v) is 1.76. The van der Waals surface area contributed by atoms with Gasteiger partial charge in [0.05, 0.1) is 21.5 Å². The number of benzene rings is 1. The first kappa shape index (κ1) is 18.4. The zero-order chi connectivity index (χ0) is 12.4. The van der Waals surface area contributed by atoms with Crippen molar-refractivity contribution in [2.45, 2.75) is 7.43 Å². The minimum Gasteiger partial charge on any atom is -0.872 e. The van der Waals surface area contributed by atoms with Crippen LogP contribution >= 0.6 is 23.2 Å². The van der Waals surface area contributed by atoms with E-state index < -0.39 is 5.78 Å². The quantitative estimate of drug-likeness (QED) is 0.553. The van der Waals surface area contributed by atoms with E-state index in [1.165, 1.54) is 24.3 Å². The molecule has 94 valence electrons. The van der Waals surface area contributed by atoms with Gasteiger partial charge in [-0.15, -0.1) is 5.75 Å². The van der Waals surface area contributed by atoms with Gasteiger partial charge in [-0.05, 0) is 24.3 Å². The molecule has 0 N–H and O–H groups in total. The Kier molecular flexibility index (Phi) is 7.64. The Balaban J connectivity index is 0.00000162. The number of allylic oxidation sites excluding steroid dienone is 4. The molecule has 2 rings (SSSR count). The molecule has 1 aliphatic carbocycles. The molecule has 0 aromatic heterocycles. The molecular weight excluding hydrogens is 296 g/mol. The summed E-state index contributed by atoms with van der Waals surface area (Å²) in [6.45, 7) is 0. The van der Waals surface area contributed by atoms with Crippen LogP contribution in [0, 0.1) is 0 Å². The van der Waals surface area contributed by atoms with Gasteiger partial charge in [-0.25, -0.2) is 4.99 Å². The van der Waals surface area contributed by atoms with Crippen LogP contribution in [0.15, 0.2) is 51.5 Å². The normalized spacial score (nSPS) is 13.8. The molecule has 0 atom stereocenters. The van der Waals surface area contributed by atoms with E-state index in [1.807, 2.05) is 0 Å². The second-order valence-electron chi connectivity index (χ2n) is 3.34. The predicted molar refractivity (Wildman–Crippen MR) is 72.6 cm³/mol. The van der Waals surface area contributed by atoms with Gasteiger partial charge in [0, 0.05) is 0 Å². The average Bonchev–Trinajstić information content (AvgIpc) is 2.29. The summed E-state index contributed by atoms with van der Waals surface area (Å²) in [5, 5.41) is 11.0. The van der Waals surface area contributed by atoms with E-state index in [4.69, 9.17) is 23.2 Å². The summed E-state index contributed by atoms with van der Waals surface area (Å²) in [5.74, 6) is -0.503. The maximum absolute atomic E-state index is 11.3. The van der Waals surface area contributed by atoms with Crippen molar-refractivity contribution in [2.24, 2.45) is 4.99 Å². The van der Waals surface area contributed by atoms with Gasteiger partial charge in [0.1, 0.15) is 0 Å². The van der Waals surface area contributed by atoms with E-state index in [9.17, 15) is 9.90 Å². The summed E-state index contributed by atoms with van der Waals surface area (Å²) < 4.78 is 0. The van der Waals surface area contributed by atoms with Crippen LogP contribution in [0.5, 0.6) is 5.75 Å². The molecule has 0 aliphatic heterocycles. The molecule has 19 heavy (non-hydrogen) atoms. The molecule has 0 saturated heterocycles. The molecule has 0 heterocycles. The molecule has 0 amide bonds. The number of carbonyl (C=O) groups is 1. The van der Waals surface area contributed by atoms with E-state index in [-0.39, 0.29) is 52.8 Å². The maximum atomic E-state index is 11.3. The Morgan fingerprint density at radius 2 is 1.47 bits per heavy atom. The number of carbonyl (C=O) groups excluding carboxylic acids is 1. The molecule has 1 aliphatic rings. The Morgan fingerprint density at radius 3 is 1.95 bits per heavy atom. The molecule has 3 nitrogen and oxygen atoms in total. The summed E-state index contributed by atoms with van der Waals surface area (Å²) in [7, 11) is 0. The standard InChI is InChI=1S/C12H7Cl2NO2.CH4.Na/c13-10-5-8(6-11(14)12(10)17)15-7-1-3-9(16)4-2-7;;/h1-6,16H;1H4;/q;;+1/p-1. The van der Waals surface area contributed by atoms with Crippen LogP contribution in [0.4, 0.5) is 5.69 Å². The summed E-state index contributed by atoms with van der Waals surface area (Å²) in [6, 6.07) is 5.97. The second-order valence-corrected chi connectivity index (χ2v) is 4.16. The van der Waals surface area contributed by atoms with Crippen LogP contribution < -0.4 is 34.7 Å². The molecule has 0 bridgehead atoms. The van der Waals surface area contributed by atoms with Crippen molar-refractivity contribution in [1.29, 1.82) is 0 Å². The van der Waals surface area contributed by atoms with Crippen molar-refractivity contribution in [3.63, 3.8) is 0 Å². The van der Waals surface area contributed by atoms with Gasteiger partial charge in [-0.2, -0.15) is 0 Å². The van der Waals surface area contributed by atoms with Crippen LogP contribution in [-0.2, 0) is 4.79 Å². The minimum absolute atomic E-state index is 0. The monoisotopic (exact) mass is 305 g/mol. The van der Waals surface area contributed by atoms with Crippen LogP contribution in [0.2, 0.25) is 0 Å². The van der Waals surface area contributed by atoms with Gasteiger partial charge < -0.3 is 5.11 Å². The Morgan fingerprint density at radius 1 is 1.00 bits per heavy atom. The minimum atomic E-state index is -0.415. The SMILES string of the molecule is C.O=C1C(Cl)=CC(=Nc2ccc([O-])cc2)C=C1Cl.[Na+]. The van der Waals surface area contributed by atoms with E-state index in [1.54, 1.807) is 12.1 Å². The number of aliphatic imine (C=N–C) groups is 1. The molecule has 1 aromatic carbocycles. The zero-order valence-corrected chi connectivity index (χ0v) is 13.0. The van der Waals surface area contributed by atoms with Crippen molar-refractivity contribution in [2.75, 3.05) is 0 Å². The van der Waals surface area contributed by atoms with Crippen molar-refractivity contribution >= 4 is 40.4 Å². The Labute approximate surface area is 143 Å². The predicted octanol–water partition coefficient (Wildman–Crippen LogP) is 0.301. The topological polar surface area (TPSA) is 52.5 Å². The number of ketones is 1. The van der Waals surface area contributed by atoms with Crippen molar-refractivity contribution in [3.05, 3.63) is 46.5 Å². The van der Waals surface area contributed by atoms with Crippen molar-refractivity contribution < 1.29 is 39.5 Å². The first-order chi connectivity index (χ1) is 8.06. The fraction of sp³-hybridized carbons (Fsp3) is 0.0769. The number of nitrogens with zero attached hydrogens (tertiary/aromatic N) is 1. The van der Waals surface area contributed by atoms with Crippen molar-refractivity contribution in [3.8, 4) is 5.75 Å². The molecule has 0 fully saturated rings. The summed E-state index contributed by atoms with van der Waals surface area (Å²) >= 11 is 11.4. The Hall–Kier alpha value is -0.580. The van der Waals surface area contributed by atoms with Gasteiger partial charge >= 0.3 is 29.6 Å². The molecule has 0 spiro atoms. The fourth-order valence-electron chi connectivity index (χ4n) is 1.28. The maximum Gasteiger partial charge on any atom is 1.00 e. The first-order valence-electron chi connectivity index (χ1n) is 4.71. The number of halogens is 2. The largest absolute Gasteiger partial charge is 1.00 e. The number of rotatable bonds is 1. The van der Waals surface area contributed by atoms with Gasteiger partial charge in [-0.1, -0.05) is 42.8 Å². The van der Waals surface area contributed by atoms with E-state index in [0.717, 1.165) is 0 Å². The first-order valence-corrected chi connectivity index (χ1v) is 5.47. The number of hydrogen-bond acceptors (Lipinski definition) is 3. The van der Waals surface area contributed by atoms with Gasteiger partial charge in [0.15, 0.2) is 0 Å². The van der Waals surface area contributed by atoms with E-state index in [2.05, 4.69) is 4.99 Å². The third kappa shape index (κ3) is 4.79. The van der Waals surface area contributed by atoms with Crippen LogP contribution in [0.1, 0.15) is 7.43 Å². The molecule has 1 aromatic rings. The number of hydrogen-bond donors (Lipinski definition) is 0. The third-order valence-electron chi connectivity index (χ3n) is 2.08. The molecular formula is C13H10Cl2NNaO2. The van der Waals surface area contributed by atoms with Gasteiger partial charge in [0.2, 0.25) is 5.78 Å². The summed E-state index contributed by atoms with van der Waals surface area (Å²) in [4.78, 5) is 15.5. The van der Waals surface area contributed by atoms with Crippen molar-refractivity contribution in [1.82, 2.24) is 0 Å². The third-order valence-corrected chi connectivity index (χ3v) is 2.64. The van der Waals surface area contributed by atoms with Crippen LogP contribution in [-0.4, -0.2) is 11.5 Å². The second kappa shape index (κ2) is 7.88. The average molecular weight is 306 g/mol. The molecule has 0 saturated carbocycles. The van der Waals surface area contributed by atoms with Gasteiger partial charge in [0.25, 0.3) is 0 Å². The number of Topliss-reactive ketones (excluding diaryl/α,β-unsaturated/α-hetero) is 1. The smallest absolute Gasteiger partial charge is 0.872 e. The van der Waals surface area contributed by atoms with Crippen LogP contribution in [0.25, 0.3) is 0 Å². The molecule has 0 radical (unpaired) electrons. The summed E-state index contributed by atoms with van der Waals surface area (Å²) in [6.07, 6.45) is 2.86. The van der Waals surface area contributed by atoms with E-state index in [0.29, 0.717) is 11.4 Å². The van der Waals surface area contributed by atoms with E-state index >= 15 is 0 Å². The zero-order valence-electron chi connectivity index (χ0n) is 9.48.